The van der Waals surface area contributed by atoms with Gasteiger partial charge in [0.1, 0.15) is 0 Å². The molecule has 0 spiro atoms. The van der Waals surface area contributed by atoms with Crippen molar-refractivity contribution in [3.05, 3.63) is 33.3 Å². The lowest BCUT2D eigenvalue weighted by Crippen LogP contribution is -2.29. The van der Waals surface area contributed by atoms with E-state index in [1.807, 2.05) is 16.8 Å². The average Bonchev–Trinajstić information content (AvgIpc) is 3.38. The van der Waals surface area contributed by atoms with Gasteiger partial charge in [-0.25, -0.2) is 4.98 Å². The molecule has 4 rings (SSSR count). The molecule has 0 aliphatic carbocycles. The number of thiazole rings is 1. The minimum absolute atomic E-state index is 0.0845. The molecule has 1 N–H and O–H groups in total. The second-order valence-corrected chi connectivity index (χ2v) is 7.93. The van der Waals surface area contributed by atoms with Crippen LogP contribution in [0.4, 0.5) is 5.13 Å². The fourth-order valence-electron chi connectivity index (χ4n) is 2.83. The molecular weight excluding hydrogens is 370 g/mol. The summed E-state index contributed by atoms with van der Waals surface area (Å²) in [6.07, 6.45) is 1.65. The first-order chi connectivity index (χ1) is 12.7. The number of nitrogens with zero attached hydrogens (tertiary/aromatic N) is 4. The molecule has 0 saturated heterocycles. The van der Waals surface area contributed by atoms with E-state index < -0.39 is 0 Å². The molecule has 0 atom stereocenters. The first-order valence-electron chi connectivity index (χ1n) is 8.57. The van der Waals surface area contributed by atoms with Crippen LogP contribution >= 0.6 is 22.7 Å². The topological polar surface area (TPSA) is 84.2 Å². The van der Waals surface area contributed by atoms with E-state index in [0.29, 0.717) is 23.3 Å². The Morgan fingerprint density at radius 2 is 2.35 bits per heavy atom. The van der Waals surface area contributed by atoms with Crippen LogP contribution in [0.5, 0.6) is 0 Å². The second-order valence-electron chi connectivity index (χ2n) is 6.07. The minimum atomic E-state index is -0.0845. The summed E-state index contributed by atoms with van der Waals surface area (Å²) in [5, 5.41) is 15.5. The average molecular weight is 390 g/mol. The van der Waals surface area contributed by atoms with Gasteiger partial charge in [0.05, 0.1) is 5.69 Å². The molecule has 7 nitrogen and oxygen atoms in total. The quantitative estimate of drug-likeness (QED) is 0.697. The summed E-state index contributed by atoms with van der Waals surface area (Å²) in [4.78, 5) is 20.4. The Labute approximate surface area is 159 Å². The summed E-state index contributed by atoms with van der Waals surface area (Å²) in [6, 6.07) is 1.93. The Kier molecular flexibility index (Phi) is 5.09. The number of rotatable bonds is 6. The SMILES string of the molecule is CCN1CCc2nc(NC(=O)CCc3nnc(-c4ccsc4)o3)sc2C1. The molecule has 0 aromatic carbocycles. The standard InChI is InChI=1S/C17H19N5O2S2/c1-2-22-7-5-12-13(9-22)26-17(18-12)19-14(23)3-4-15-20-21-16(24-15)11-6-8-25-10-11/h6,8,10H,2-5,7,9H2,1H3,(H,18,19,23). The third-order valence-electron chi connectivity index (χ3n) is 4.30. The fourth-order valence-corrected chi connectivity index (χ4v) is 4.53. The molecule has 0 fully saturated rings. The number of likely N-dealkylation sites (N-methyl/N-ethyl adjacent to an activating group) is 1. The molecule has 136 valence electrons. The van der Waals surface area contributed by atoms with Crippen LogP contribution in [-0.4, -0.2) is 39.1 Å². The molecule has 0 saturated carbocycles. The maximum atomic E-state index is 12.2. The molecule has 4 heterocycles. The van der Waals surface area contributed by atoms with Crippen molar-refractivity contribution in [2.45, 2.75) is 32.7 Å². The molecule has 0 unspecified atom stereocenters. The van der Waals surface area contributed by atoms with Gasteiger partial charge in [0.2, 0.25) is 17.7 Å². The third kappa shape index (κ3) is 3.84. The number of amides is 1. The van der Waals surface area contributed by atoms with Gasteiger partial charge in [0, 0.05) is 48.2 Å². The van der Waals surface area contributed by atoms with Gasteiger partial charge < -0.3 is 9.73 Å². The molecular formula is C17H19N5O2S2. The van der Waals surface area contributed by atoms with Crippen molar-refractivity contribution in [3.63, 3.8) is 0 Å². The number of hydrogen-bond acceptors (Lipinski definition) is 8. The summed E-state index contributed by atoms with van der Waals surface area (Å²) in [7, 11) is 0. The zero-order chi connectivity index (χ0) is 17.9. The molecule has 1 amide bonds. The monoisotopic (exact) mass is 389 g/mol. The Bertz CT molecular complexity index is 887. The number of hydrogen-bond donors (Lipinski definition) is 1. The summed E-state index contributed by atoms with van der Waals surface area (Å²) in [5.41, 5.74) is 2.03. The van der Waals surface area contributed by atoms with E-state index in [4.69, 9.17) is 4.42 Å². The predicted octanol–water partition coefficient (Wildman–Crippen LogP) is 3.20. The maximum Gasteiger partial charge on any atom is 0.248 e. The van der Waals surface area contributed by atoms with Gasteiger partial charge in [-0.1, -0.05) is 6.92 Å². The van der Waals surface area contributed by atoms with E-state index in [-0.39, 0.29) is 12.3 Å². The van der Waals surface area contributed by atoms with E-state index in [9.17, 15) is 4.79 Å². The number of fused-ring (bicyclic) bond motifs is 1. The van der Waals surface area contributed by atoms with Crippen molar-refractivity contribution in [2.75, 3.05) is 18.4 Å². The van der Waals surface area contributed by atoms with Crippen molar-refractivity contribution in [2.24, 2.45) is 0 Å². The maximum absolute atomic E-state index is 12.2. The van der Waals surface area contributed by atoms with Crippen LogP contribution in [0.2, 0.25) is 0 Å². The molecule has 1 aliphatic heterocycles. The van der Waals surface area contributed by atoms with E-state index in [2.05, 4.69) is 32.3 Å². The number of thiophene rings is 1. The van der Waals surface area contributed by atoms with E-state index in [1.165, 1.54) is 4.88 Å². The highest BCUT2D eigenvalue weighted by Gasteiger charge is 2.20. The zero-order valence-corrected chi connectivity index (χ0v) is 16.0. The Balaban J connectivity index is 1.31. The number of anilines is 1. The highest BCUT2D eigenvalue weighted by molar-refractivity contribution is 7.15. The Morgan fingerprint density at radius 1 is 1.42 bits per heavy atom. The van der Waals surface area contributed by atoms with E-state index >= 15 is 0 Å². The van der Waals surface area contributed by atoms with Crippen LogP contribution in [0.1, 0.15) is 29.8 Å². The van der Waals surface area contributed by atoms with Gasteiger partial charge in [-0.05, 0) is 18.0 Å². The first-order valence-corrected chi connectivity index (χ1v) is 10.3. The first kappa shape index (κ1) is 17.3. The van der Waals surface area contributed by atoms with Gasteiger partial charge in [-0.15, -0.1) is 21.5 Å². The molecule has 1 aliphatic rings. The Hall–Kier alpha value is -2.10. The second kappa shape index (κ2) is 7.65. The summed E-state index contributed by atoms with van der Waals surface area (Å²) < 4.78 is 5.60. The summed E-state index contributed by atoms with van der Waals surface area (Å²) >= 11 is 3.15. The highest BCUT2D eigenvalue weighted by Crippen LogP contribution is 2.28. The largest absolute Gasteiger partial charge is 0.421 e. The molecule has 26 heavy (non-hydrogen) atoms. The van der Waals surface area contributed by atoms with Gasteiger partial charge in [-0.2, -0.15) is 11.3 Å². The van der Waals surface area contributed by atoms with Crippen LogP contribution < -0.4 is 5.32 Å². The van der Waals surface area contributed by atoms with Crippen LogP contribution in [0.25, 0.3) is 11.5 Å². The number of carbonyl (C=O) groups is 1. The zero-order valence-electron chi connectivity index (χ0n) is 14.4. The lowest BCUT2D eigenvalue weighted by Gasteiger charge is -2.23. The number of aromatic nitrogens is 3. The molecule has 0 radical (unpaired) electrons. The van der Waals surface area contributed by atoms with Crippen molar-refractivity contribution >= 4 is 33.7 Å². The van der Waals surface area contributed by atoms with Crippen molar-refractivity contribution < 1.29 is 9.21 Å². The lowest BCUT2D eigenvalue weighted by atomic mass is 10.2. The molecule has 9 heteroatoms. The number of aryl methyl sites for hydroxylation is 1. The summed E-state index contributed by atoms with van der Waals surface area (Å²) in [6.45, 7) is 5.16. The van der Waals surface area contributed by atoms with Crippen molar-refractivity contribution in [3.8, 4) is 11.5 Å². The van der Waals surface area contributed by atoms with Gasteiger partial charge in [-0.3, -0.25) is 9.69 Å². The predicted molar refractivity (Wildman–Crippen MR) is 101 cm³/mol. The van der Waals surface area contributed by atoms with E-state index in [0.717, 1.165) is 37.3 Å². The molecule has 0 bridgehead atoms. The van der Waals surface area contributed by atoms with Crippen molar-refractivity contribution in [1.82, 2.24) is 20.1 Å². The number of carbonyl (C=O) groups excluding carboxylic acids is 1. The van der Waals surface area contributed by atoms with Crippen LogP contribution in [-0.2, 0) is 24.2 Å². The highest BCUT2D eigenvalue weighted by atomic mass is 32.1. The minimum Gasteiger partial charge on any atom is -0.421 e. The summed E-state index contributed by atoms with van der Waals surface area (Å²) in [5.74, 6) is 0.881. The van der Waals surface area contributed by atoms with E-state index in [1.54, 1.807) is 22.7 Å². The third-order valence-corrected chi connectivity index (χ3v) is 5.99. The van der Waals surface area contributed by atoms with Crippen molar-refractivity contribution in [1.29, 1.82) is 0 Å². The van der Waals surface area contributed by atoms with Gasteiger partial charge >= 0.3 is 0 Å². The van der Waals surface area contributed by atoms with Crippen LogP contribution in [0.15, 0.2) is 21.2 Å². The van der Waals surface area contributed by atoms with Crippen LogP contribution in [0, 0.1) is 0 Å². The number of nitrogens with one attached hydrogen (secondary N) is 1. The van der Waals surface area contributed by atoms with Crippen LogP contribution in [0.3, 0.4) is 0 Å². The normalized spacial score (nSPS) is 14.3. The Morgan fingerprint density at radius 3 is 3.15 bits per heavy atom. The fraction of sp³-hybridized carbons (Fsp3) is 0.412. The van der Waals surface area contributed by atoms with Gasteiger partial charge in [0.25, 0.3) is 0 Å². The molecule has 3 aromatic heterocycles. The smallest absolute Gasteiger partial charge is 0.248 e. The lowest BCUT2D eigenvalue weighted by molar-refractivity contribution is -0.116. The van der Waals surface area contributed by atoms with Gasteiger partial charge in [0.15, 0.2) is 5.13 Å². The molecule has 3 aromatic rings.